The average Bonchev–Trinajstić information content (AvgIpc) is 3.21. The van der Waals surface area contributed by atoms with Crippen LogP contribution in [0.3, 0.4) is 0 Å². The van der Waals surface area contributed by atoms with Gasteiger partial charge < -0.3 is 14.3 Å². The first-order valence-corrected chi connectivity index (χ1v) is 13.0. The summed E-state index contributed by atoms with van der Waals surface area (Å²) in [7, 11) is -3.81. The number of primary sulfonamides is 1. The maximum atomic E-state index is 12.4. The van der Waals surface area contributed by atoms with Crippen molar-refractivity contribution < 1.29 is 27.5 Å². The molecule has 2 heterocycles. The van der Waals surface area contributed by atoms with Gasteiger partial charge in [-0.25, -0.2) is 23.3 Å². The van der Waals surface area contributed by atoms with Crippen molar-refractivity contribution in [1.29, 1.82) is 0 Å². The maximum absolute atomic E-state index is 12.4. The first kappa shape index (κ1) is 24.5. The molecular formula is C28H24N2O6S. The second kappa shape index (κ2) is 9.02. The van der Waals surface area contributed by atoms with E-state index >= 15 is 0 Å². The van der Waals surface area contributed by atoms with Gasteiger partial charge in [-0.2, -0.15) is 0 Å². The lowest BCUT2D eigenvalue weighted by molar-refractivity contribution is 0.0698. The molecule has 0 fully saturated rings. The number of sulfonamides is 1. The van der Waals surface area contributed by atoms with Crippen LogP contribution >= 0.6 is 0 Å². The summed E-state index contributed by atoms with van der Waals surface area (Å²) in [6, 6.07) is 18.7. The molecule has 9 heteroatoms. The molecule has 5 aromatic rings. The Labute approximate surface area is 213 Å². The second-order valence-electron chi connectivity index (χ2n) is 8.89. The molecule has 37 heavy (non-hydrogen) atoms. The number of aryl methyl sites for hydroxylation is 2. The lowest BCUT2D eigenvalue weighted by atomic mass is 10.0. The number of pyridine rings is 1. The Morgan fingerprint density at radius 2 is 1.76 bits per heavy atom. The minimum atomic E-state index is -3.81. The summed E-state index contributed by atoms with van der Waals surface area (Å²) in [5, 5.41) is 16.6. The van der Waals surface area contributed by atoms with Gasteiger partial charge in [0.2, 0.25) is 10.0 Å². The van der Waals surface area contributed by atoms with Crippen LogP contribution < -0.4 is 9.88 Å². The molecule has 0 aliphatic rings. The molecule has 0 aliphatic heterocycles. The van der Waals surface area contributed by atoms with Crippen LogP contribution in [-0.2, 0) is 10.0 Å². The standard InChI is InChI=1S/C28H24N2O6S/c1-15-8-13-24(35-17(3)18-9-11-19(12-10-18)37(29,33)34)25-21(28(31)32)14-22(30-26(15)25)27-16(2)20-6-4-5-7-23(20)36-27/h4-14,17H,1-3H3,(H,31,32)(H2,29,33,34)/t17-/m0/s1. The molecule has 0 radical (unpaired) electrons. The number of carboxylic acids is 1. The molecule has 0 unspecified atom stereocenters. The van der Waals surface area contributed by atoms with Gasteiger partial charge in [-0.3, -0.25) is 0 Å². The predicted molar refractivity (Wildman–Crippen MR) is 140 cm³/mol. The first-order valence-electron chi connectivity index (χ1n) is 11.5. The van der Waals surface area contributed by atoms with E-state index in [9.17, 15) is 18.3 Å². The largest absolute Gasteiger partial charge is 0.485 e. The van der Waals surface area contributed by atoms with Crippen molar-refractivity contribution in [2.45, 2.75) is 31.8 Å². The van der Waals surface area contributed by atoms with E-state index in [-0.39, 0.29) is 10.5 Å². The van der Waals surface area contributed by atoms with E-state index in [0.717, 1.165) is 16.5 Å². The van der Waals surface area contributed by atoms with Crippen molar-refractivity contribution in [2.24, 2.45) is 5.14 Å². The fourth-order valence-electron chi connectivity index (χ4n) is 4.43. The summed E-state index contributed by atoms with van der Waals surface area (Å²) >= 11 is 0. The molecule has 8 nitrogen and oxygen atoms in total. The Hall–Kier alpha value is -4.21. The van der Waals surface area contributed by atoms with Crippen LogP contribution in [0.25, 0.3) is 33.3 Å². The number of ether oxygens (including phenoxy) is 1. The van der Waals surface area contributed by atoms with Crippen LogP contribution in [0.5, 0.6) is 5.75 Å². The van der Waals surface area contributed by atoms with E-state index < -0.39 is 22.1 Å². The Morgan fingerprint density at radius 3 is 2.41 bits per heavy atom. The van der Waals surface area contributed by atoms with E-state index in [2.05, 4.69) is 0 Å². The van der Waals surface area contributed by atoms with Crippen molar-refractivity contribution in [3.63, 3.8) is 0 Å². The number of aromatic carboxylic acids is 1. The number of hydrogen-bond acceptors (Lipinski definition) is 6. The molecule has 0 bridgehead atoms. The Balaban J connectivity index is 1.62. The molecule has 0 spiro atoms. The molecule has 188 valence electrons. The highest BCUT2D eigenvalue weighted by Crippen LogP contribution is 2.38. The Bertz CT molecular complexity index is 1790. The second-order valence-corrected chi connectivity index (χ2v) is 10.5. The Kier molecular flexibility index (Phi) is 5.97. The number of nitrogens with two attached hydrogens (primary N) is 1. The van der Waals surface area contributed by atoms with Crippen LogP contribution in [0, 0.1) is 13.8 Å². The fourth-order valence-corrected chi connectivity index (χ4v) is 4.95. The third-order valence-electron chi connectivity index (χ3n) is 6.41. The van der Waals surface area contributed by atoms with E-state index in [1.165, 1.54) is 18.2 Å². The zero-order valence-electron chi connectivity index (χ0n) is 20.3. The Morgan fingerprint density at radius 1 is 1.05 bits per heavy atom. The number of hydrogen-bond donors (Lipinski definition) is 2. The molecule has 0 amide bonds. The van der Waals surface area contributed by atoms with Crippen molar-refractivity contribution >= 4 is 37.9 Å². The van der Waals surface area contributed by atoms with E-state index in [1.54, 1.807) is 25.1 Å². The van der Waals surface area contributed by atoms with Gasteiger partial charge in [-0.1, -0.05) is 36.4 Å². The van der Waals surface area contributed by atoms with Gasteiger partial charge in [-0.05, 0) is 62.2 Å². The minimum Gasteiger partial charge on any atom is -0.485 e. The number of benzene rings is 3. The third kappa shape index (κ3) is 4.43. The highest BCUT2D eigenvalue weighted by molar-refractivity contribution is 7.89. The zero-order chi connectivity index (χ0) is 26.5. The third-order valence-corrected chi connectivity index (χ3v) is 7.34. The SMILES string of the molecule is Cc1c(-c2cc(C(=O)O)c3c(O[C@@H](C)c4ccc(S(N)(=O)=O)cc4)ccc(C)c3n2)oc2ccccc12. The highest BCUT2D eigenvalue weighted by Gasteiger charge is 2.22. The van der Waals surface area contributed by atoms with Crippen LogP contribution in [0.1, 0.15) is 40.1 Å². The zero-order valence-corrected chi connectivity index (χ0v) is 21.2. The number of nitrogens with zero attached hydrogens (tertiary/aromatic N) is 1. The van der Waals surface area contributed by atoms with Crippen LogP contribution in [-0.4, -0.2) is 24.5 Å². The molecule has 3 N–H and O–H groups in total. The number of rotatable bonds is 6. The summed E-state index contributed by atoms with van der Waals surface area (Å²) in [6.45, 7) is 5.57. The predicted octanol–water partition coefficient (Wildman–Crippen LogP) is 5.75. The molecule has 0 saturated heterocycles. The summed E-state index contributed by atoms with van der Waals surface area (Å²) in [5.41, 5.74) is 4.00. The molecule has 1 atom stereocenters. The maximum Gasteiger partial charge on any atom is 0.336 e. The summed E-state index contributed by atoms with van der Waals surface area (Å²) < 4.78 is 35.4. The monoisotopic (exact) mass is 516 g/mol. The number of para-hydroxylation sites is 1. The van der Waals surface area contributed by atoms with Gasteiger partial charge in [0.1, 0.15) is 23.1 Å². The number of furan rings is 1. The van der Waals surface area contributed by atoms with Gasteiger partial charge in [0.15, 0.2) is 5.76 Å². The van der Waals surface area contributed by atoms with Gasteiger partial charge in [-0.15, -0.1) is 0 Å². The highest BCUT2D eigenvalue weighted by atomic mass is 32.2. The topological polar surface area (TPSA) is 133 Å². The van der Waals surface area contributed by atoms with Gasteiger partial charge in [0.05, 0.1) is 21.4 Å². The lowest BCUT2D eigenvalue weighted by Gasteiger charge is -2.19. The van der Waals surface area contributed by atoms with Crippen molar-refractivity contribution in [1.82, 2.24) is 4.98 Å². The van der Waals surface area contributed by atoms with Gasteiger partial charge in [0, 0.05) is 10.9 Å². The average molecular weight is 517 g/mol. The quantitative estimate of drug-likeness (QED) is 0.293. The summed E-state index contributed by atoms with van der Waals surface area (Å²) in [5.74, 6) is -0.260. The molecular weight excluding hydrogens is 492 g/mol. The smallest absolute Gasteiger partial charge is 0.336 e. The van der Waals surface area contributed by atoms with Crippen molar-refractivity contribution in [3.05, 3.63) is 89.0 Å². The normalized spacial score (nSPS) is 12.6. The van der Waals surface area contributed by atoms with Crippen LogP contribution in [0.4, 0.5) is 0 Å². The van der Waals surface area contributed by atoms with E-state index in [4.69, 9.17) is 19.3 Å². The van der Waals surface area contributed by atoms with Crippen LogP contribution in [0.15, 0.2) is 76.0 Å². The molecule has 0 saturated carbocycles. The molecule has 2 aromatic heterocycles. The van der Waals surface area contributed by atoms with Crippen LogP contribution in [0.2, 0.25) is 0 Å². The lowest BCUT2D eigenvalue weighted by Crippen LogP contribution is -2.12. The molecule has 3 aromatic carbocycles. The number of fused-ring (bicyclic) bond motifs is 2. The number of aromatic nitrogens is 1. The van der Waals surface area contributed by atoms with E-state index in [1.807, 2.05) is 44.2 Å². The van der Waals surface area contributed by atoms with Gasteiger partial charge >= 0.3 is 5.97 Å². The minimum absolute atomic E-state index is 0.00462. The molecule has 0 aliphatic carbocycles. The van der Waals surface area contributed by atoms with E-state index in [0.29, 0.717) is 39.3 Å². The summed E-state index contributed by atoms with van der Waals surface area (Å²) in [4.78, 5) is 17.2. The summed E-state index contributed by atoms with van der Waals surface area (Å²) in [6.07, 6.45) is -0.514. The van der Waals surface area contributed by atoms with Crippen molar-refractivity contribution in [2.75, 3.05) is 0 Å². The van der Waals surface area contributed by atoms with Gasteiger partial charge in [0.25, 0.3) is 0 Å². The first-order chi connectivity index (χ1) is 17.5. The molecule has 5 rings (SSSR count). The fraction of sp³-hybridized carbons (Fsp3) is 0.143. The number of carboxylic acid groups (broad SMARTS) is 1. The van der Waals surface area contributed by atoms with Crippen molar-refractivity contribution in [3.8, 4) is 17.2 Å². The number of carbonyl (C=O) groups is 1.